The summed E-state index contributed by atoms with van der Waals surface area (Å²) in [5.74, 6) is 0. The van der Waals surface area contributed by atoms with Gasteiger partial charge in [-0.3, -0.25) is 10.2 Å². The molecule has 0 saturated carbocycles. The summed E-state index contributed by atoms with van der Waals surface area (Å²) in [4.78, 5) is 19.5. The van der Waals surface area contributed by atoms with E-state index in [1.807, 2.05) is 50.0 Å². The van der Waals surface area contributed by atoms with E-state index in [1.54, 1.807) is 0 Å². The van der Waals surface area contributed by atoms with Crippen molar-refractivity contribution >= 4 is 29.4 Å². The molecule has 0 radical (unpaired) electrons. The Morgan fingerprint density at radius 1 is 1.32 bits per heavy atom. The lowest BCUT2D eigenvalue weighted by molar-refractivity contribution is -0.104. The largest absolute Gasteiger partial charge is 0.381 e. The van der Waals surface area contributed by atoms with Crippen molar-refractivity contribution in [2.24, 2.45) is 4.99 Å². The zero-order valence-electron chi connectivity index (χ0n) is 17.9. The molecule has 0 spiro atoms. The second-order valence-corrected chi connectivity index (χ2v) is 7.63. The molecule has 0 atom stereocenters. The molecule has 0 fully saturated rings. The number of nitriles is 1. The van der Waals surface area contributed by atoms with Gasteiger partial charge in [0.05, 0.1) is 17.3 Å². The molecule has 1 heterocycles. The van der Waals surface area contributed by atoms with Crippen LogP contribution in [0.1, 0.15) is 46.5 Å². The highest BCUT2D eigenvalue weighted by Gasteiger charge is 2.20. The lowest BCUT2D eigenvalue weighted by Crippen LogP contribution is -2.29. The highest BCUT2D eigenvalue weighted by Crippen LogP contribution is 2.32. The number of nitrogens with zero attached hydrogens (tertiary/aromatic N) is 4. The van der Waals surface area contributed by atoms with Crippen molar-refractivity contribution < 1.29 is 4.79 Å². The number of nitrogens with one attached hydrogen (secondary N) is 1. The molecular weight excluding hydrogens is 370 g/mol. The summed E-state index contributed by atoms with van der Waals surface area (Å²) in [6.45, 7) is 6.35. The van der Waals surface area contributed by atoms with E-state index in [0.29, 0.717) is 10.9 Å². The maximum atomic E-state index is 10.8. The molecule has 0 bridgehead atoms. The number of hydrogen-bond acceptors (Lipinski definition) is 6. The number of aliphatic imine (C=N–C) groups is 1. The topological polar surface area (TPSA) is 83.6 Å². The molecule has 28 heavy (non-hydrogen) atoms. The minimum atomic E-state index is 0.586. The third-order valence-electron chi connectivity index (χ3n) is 4.27. The van der Waals surface area contributed by atoms with Crippen molar-refractivity contribution in [3.8, 4) is 6.07 Å². The van der Waals surface area contributed by atoms with Crippen LogP contribution < -0.4 is 0 Å². The van der Waals surface area contributed by atoms with Crippen LogP contribution in [0, 0.1) is 16.7 Å². The van der Waals surface area contributed by atoms with Gasteiger partial charge in [-0.1, -0.05) is 38.5 Å². The molecule has 0 aromatic carbocycles. The molecule has 0 aromatic rings. The van der Waals surface area contributed by atoms with Gasteiger partial charge in [-0.05, 0) is 25.8 Å². The standard InChI is InChI=1S/C12H13N3OS.C9H20N2/c1-9(15(2)3)11-7-10(8-16)17-12(11)14-6-4-5-13;1-4-6-9(7-5-2)11(3)8-10/h4,6-8H,1-3H3;8-10H,4-7H2,1-3H3/b6-4+,11-9+,14-12+;. The first-order chi connectivity index (χ1) is 13.4. The van der Waals surface area contributed by atoms with E-state index in [1.165, 1.54) is 56.1 Å². The number of allylic oxidation sites excluding steroid dienone is 4. The zero-order chi connectivity index (χ0) is 21.5. The van der Waals surface area contributed by atoms with Crippen molar-refractivity contribution in [2.45, 2.75) is 52.5 Å². The molecule has 0 aliphatic carbocycles. The van der Waals surface area contributed by atoms with E-state index in [4.69, 9.17) is 10.7 Å². The lowest BCUT2D eigenvalue weighted by Gasteiger charge is -2.24. The summed E-state index contributed by atoms with van der Waals surface area (Å²) < 4.78 is 0. The van der Waals surface area contributed by atoms with Crippen LogP contribution in [0.5, 0.6) is 0 Å². The van der Waals surface area contributed by atoms with Crippen LogP contribution in [0.2, 0.25) is 0 Å². The molecule has 1 aliphatic heterocycles. The highest BCUT2D eigenvalue weighted by atomic mass is 32.2. The van der Waals surface area contributed by atoms with Crippen molar-refractivity contribution in [1.29, 1.82) is 10.7 Å². The first kappa shape index (κ1) is 25.7. The van der Waals surface area contributed by atoms with E-state index in [9.17, 15) is 4.79 Å². The highest BCUT2D eigenvalue weighted by molar-refractivity contribution is 8.18. The predicted molar refractivity (Wildman–Crippen MR) is 120 cm³/mol. The van der Waals surface area contributed by atoms with Gasteiger partial charge < -0.3 is 9.80 Å². The Hall–Kier alpha value is -2.33. The van der Waals surface area contributed by atoms with Crippen LogP contribution in [0.25, 0.3) is 0 Å². The maximum absolute atomic E-state index is 10.8. The normalized spacial score (nSPS) is 16.4. The summed E-state index contributed by atoms with van der Waals surface area (Å²) >= 11 is 1.31. The minimum Gasteiger partial charge on any atom is -0.381 e. The molecular formula is C21H33N5OS. The molecule has 6 nitrogen and oxygen atoms in total. The lowest BCUT2D eigenvalue weighted by atomic mass is 10.1. The Balaban J connectivity index is 0.000000576. The molecule has 0 unspecified atom stereocenters. The third-order valence-corrected chi connectivity index (χ3v) is 5.24. The van der Waals surface area contributed by atoms with Crippen molar-refractivity contribution in [2.75, 3.05) is 21.1 Å². The number of hydrogen-bond donors (Lipinski definition) is 1. The SMILES string of the molecule is C/C(=C1/C=C(C=O)S/C1=N/C=C/C#N)N(C)C.CCCC(CCC)N(C)C=N. The second kappa shape index (κ2) is 14.7. The van der Waals surface area contributed by atoms with Gasteiger partial charge in [-0.15, -0.1) is 0 Å². The van der Waals surface area contributed by atoms with Crippen LogP contribution in [0.15, 0.2) is 39.5 Å². The fourth-order valence-corrected chi connectivity index (χ4v) is 3.39. The first-order valence-electron chi connectivity index (χ1n) is 9.44. The summed E-state index contributed by atoms with van der Waals surface area (Å²) in [6.07, 6.45) is 11.6. The Labute approximate surface area is 174 Å². The van der Waals surface area contributed by atoms with Crippen LogP contribution in [0.4, 0.5) is 0 Å². The Morgan fingerprint density at radius 3 is 2.36 bits per heavy atom. The molecule has 7 heteroatoms. The van der Waals surface area contributed by atoms with Crippen LogP contribution in [-0.4, -0.2) is 54.7 Å². The van der Waals surface area contributed by atoms with Crippen LogP contribution >= 0.6 is 11.8 Å². The number of rotatable bonds is 9. The monoisotopic (exact) mass is 403 g/mol. The average Bonchev–Trinajstić information content (AvgIpc) is 3.10. The maximum Gasteiger partial charge on any atom is 0.156 e. The van der Waals surface area contributed by atoms with E-state index >= 15 is 0 Å². The fraction of sp³-hybridized carbons (Fsp3) is 0.524. The quantitative estimate of drug-likeness (QED) is 0.264. The van der Waals surface area contributed by atoms with E-state index in [2.05, 4.69) is 18.8 Å². The molecule has 1 rings (SSSR count). The van der Waals surface area contributed by atoms with Crippen LogP contribution in [-0.2, 0) is 4.79 Å². The van der Waals surface area contributed by atoms with E-state index < -0.39 is 0 Å². The first-order valence-corrected chi connectivity index (χ1v) is 10.3. The number of aldehydes is 1. The second-order valence-electron chi connectivity index (χ2n) is 6.56. The summed E-state index contributed by atoms with van der Waals surface area (Å²) in [7, 11) is 5.86. The Bertz CT molecular complexity index is 665. The van der Waals surface area contributed by atoms with Gasteiger partial charge in [0, 0.05) is 50.7 Å². The number of carbonyl (C=O) groups is 1. The van der Waals surface area contributed by atoms with Gasteiger partial charge in [0.15, 0.2) is 6.29 Å². The number of thioether (sulfide) groups is 1. The zero-order valence-corrected chi connectivity index (χ0v) is 18.7. The van der Waals surface area contributed by atoms with Crippen molar-refractivity contribution in [3.63, 3.8) is 0 Å². The van der Waals surface area contributed by atoms with Crippen molar-refractivity contribution in [1.82, 2.24) is 9.80 Å². The summed E-state index contributed by atoms with van der Waals surface area (Å²) in [5, 5.41) is 16.2. The smallest absolute Gasteiger partial charge is 0.156 e. The number of carbonyl (C=O) groups excluding carboxylic acids is 1. The summed E-state index contributed by atoms with van der Waals surface area (Å²) in [5.41, 5.74) is 1.95. The van der Waals surface area contributed by atoms with E-state index in [0.717, 1.165) is 22.6 Å². The molecule has 1 aliphatic rings. The predicted octanol–water partition coefficient (Wildman–Crippen LogP) is 4.58. The molecule has 154 valence electrons. The van der Waals surface area contributed by atoms with Gasteiger partial charge in [-0.2, -0.15) is 5.26 Å². The van der Waals surface area contributed by atoms with Gasteiger partial charge in [0.25, 0.3) is 0 Å². The Morgan fingerprint density at radius 2 is 1.93 bits per heavy atom. The van der Waals surface area contributed by atoms with Gasteiger partial charge in [-0.25, -0.2) is 4.99 Å². The van der Waals surface area contributed by atoms with Gasteiger partial charge in [0.1, 0.15) is 5.04 Å². The minimum absolute atomic E-state index is 0.586. The summed E-state index contributed by atoms with van der Waals surface area (Å²) in [6, 6.07) is 2.46. The van der Waals surface area contributed by atoms with Crippen LogP contribution in [0.3, 0.4) is 0 Å². The fourth-order valence-electron chi connectivity index (χ4n) is 2.52. The van der Waals surface area contributed by atoms with Crippen molar-refractivity contribution in [3.05, 3.63) is 34.5 Å². The molecule has 0 saturated heterocycles. The Kier molecular flexibility index (Phi) is 13.5. The average molecular weight is 404 g/mol. The molecule has 0 aromatic heterocycles. The molecule has 1 N–H and O–H groups in total. The van der Waals surface area contributed by atoms with E-state index in [-0.39, 0.29) is 0 Å². The van der Waals surface area contributed by atoms with Gasteiger partial charge in [0.2, 0.25) is 0 Å². The third kappa shape index (κ3) is 9.05. The van der Waals surface area contributed by atoms with Gasteiger partial charge >= 0.3 is 0 Å². The molecule has 0 amide bonds.